The number of carbonyl (C=O) groups is 2. The van der Waals surface area contributed by atoms with Crippen LogP contribution in [0.4, 0.5) is 16.2 Å². The highest BCUT2D eigenvalue weighted by molar-refractivity contribution is 5.89. The topological polar surface area (TPSA) is 93.1 Å². The third kappa shape index (κ3) is 6.00. The Labute approximate surface area is 239 Å². The minimum absolute atomic E-state index is 0.113. The lowest BCUT2D eigenvalue weighted by molar-refractivity contribution is -0.143. The standard InChI is InChI=1S/C33H49N3O4/c37-32(38)28-11-1-3-13-30(28)36(31-14-4-2-12-29(31)34-33(39)40)27-19-24-9-6-10-25(20-27)35(21-24)26-17-22-7-5-8-23(18-26)16-15-22/h2,4,12,14,22-28,30,34H,1,3,5-11,13,15-21H2,(H,37,38)(H,39,40). The van der Waals surface area contributed by atoms with E-state index < -0.39 is 18.0 Å². The van der Waals surface area contributed by atoms with E-state index in [1.807, 2.05) is 24.3 Å². The predicted molar refractivity (Wildman–Crippen MR) is 158 cm³/mol. The van der Waals surface area contributed by atoms with E-state index in [9.17, 15) is 19.8 Å². The first kappa shape index (κ1) is 27.9. The molecule has 2 aliphatic heterocycles. The second-order valence-electron chi connectivity index (χ2n) is 13.8. The number of nitrogens with one attached hydrogen (secondary N) is 1. The summed E-state index contributed by atoms with van der Waals surface area (Å²) in [5.74, 6) is 1.25. The molecule has 1 aromatic rings. The van der Waals surface area contributed by atoms with Gasteiger partial charge in [-0.15, -0.1) is 0 Å². The van der Waals surface area contributed by atoms with Crippen LogP contribution in [0.5, 0.6) is 0 Å². The molecule has 3 N–H and O–H groups in total. The summed E-state index contributed by atoms with van der Waals surface area (Å²) in [5, 5.41) is 22.6. The highest BCUT2D eigenvalue weighted by Gasteiger charge is 2.45. The van der Waals surface area contributed by atoms with Crippen LogP contribution in [-0.2, 0) is 4.79 Å². The Kier molecular flexibility index (Phi) is 8.57. The number of carboxylic acids is 1. The number of hydrogen-bond donors (Lipinski definition) is 3. The smallest absolute Gasteiger partial charge is 0.409 e. The molecular formula is C33H49N3O4. The van der Waals surface area contributed by atoms with Gasteiger partial charge in [-0.3, -0.25) is 15.0 Å². The van der Waals surface area contributed by atoms with Crippen LogP contribution in [0, 0.1) is 23.7 Å². The van der Waals surface area contributed by atoms with Crippen LogP contribution >= 0.6 is 0 Å². The molecule has 3 saturated carbocycles. The Hall–Kier alpha value is -2.28. The minimum atomic E-state index is -1.08. The fourth-order valence-corrected chi connectivity index (χ4v) is 9.62. The zero-order chi connectivity index (χ0) is 27.6. The number of anilines is 2. The van der Waals surface area contributed by atoms with Crippen molar-refractivity contribution in [3.63, 3.8) is 0 Å². The lowest BCUT2D eigenvalue weighted by Crippen LogP contribution is -2.52. The van der Waals surface area contributed by atoms with Gasteiger partial charge in [0.15, 0.2) is 0 Å². The summed E-state index contributed by atoms with van der Waals surface area (Å²) < 4.78 is 0. The largest absolute Gasteiger partial charge is 0.481 e. The van der Waals surface area contributed by atoms with Crippen molar-refractivity contribution < 1.29 is 19.8 Å². The van der Waals surface area contributed by atoms with Gasteiger partial charge in [0.05, 0.1) is 17.3 Å². The third-order valence-electron chi connectivity index (χ3n) is 11.3. The summed E-state index contributed by atoms with van der Waals surface area (Å²) in [7, 11) is 0. The van der Waals surface area contributed by atoms with Crippen LogP contribution in [0.3, 0.4) is 0 Å². The zero-order valence-corrected chi connectivity index (χ0v) is 24.1. The third-order valence-corrected chi connectivity index (χ3v) is 11.3. The molecule has 3 aliphatic carbocycles. The fraction of sp³-hybridized carbons (Fsp3) is 0.758. The molecule has 0 aromatic heterocycles. The number of amides is 1. The monoisotopic (exact) mass is 551 g/mol. The molecule has 7 atom stereocenters. The second kappa shape index (κ2) is 12.3. The maximum atomic E-state index is 12.6. The number of rotatable bonds is 6. The molecular weight excluding hydrogens is 502 g/mol. The van der Waals surface area contributed by atoms with E-state index in [2.05, 4.69) is 15.1 Å². The van der Waals surface area contributed by atoms with Crippen molar-refractivity contribution in [2.75, 3.05) is 16.8 Å². The first-order valence-corrected chi connectivity index (χ1v) is 16.3. The van der Waals surface area contributed by atoms with Crippen molar-refractivity contribution in [3.05, 3.63) is 24.3 Å². The molecule has 7 nitrogen and oxygen atoms in total. The van der Waals surface area contributed by atoms with Crippen molar-refractivity contribution >= 4 is 23.4 Å². The number of fused-ring (bicyclic) bond motifs is 6. The summed E-state index contributed by atoms with van der Waals surface area (Å²) >= 11 is 0. The van der Waals surface area contributed by atoms with E-state index in [0.717, 1.165) is 49.6 Å². The van der Waals surface area contributed by atoms with E-state index in [4.69, 9.17) is 0 Å². The molecule has 1 amide bonds. The molecule has 7 unspecified atom stereocenters. The molecule has 4 bridgehead atoms. The fourth-order valence-electron chi connectivity index (χ4n) is 9.62. The zero-order valence-electron chi connectivity index (χ0n) is 24.1. The quantitative estimate of drug-likeness (QED) is 0.346. The summed E-state index contributed by atoms with van der Waals surface area (Å²) in [5.41, 5.74) is 1.44. The molecule has 0 radical (unpaired) electrons. The molecule has 2 heterocycles. The maximum absolute atomic E-state index is 12.6. The Morgan fingerprint density at radius 2 is 1.45 bits per heavy atom. The van der Waals surface area contributed by atoms with Crippen molar-refractivity contribution in [3.8, 4) is 0 Å². The number of aliphatic carboxylic acids is 1. The van der Waals surface area contributed by atoms with Gasteiger partial charge in [0.25, 0.3) is 0 Å². The highest BCUT2D eigenvalue weighted by atomic mass is 16.4. The van der Waals surface area contributed by atoms with Gasteiger partial charge in [-0.05, 0) is 81.3 Å². The van der Waals surface area contributed by atoms with Gasteiger partial charge in [0.1, 0.15) is 0 Å². The maximum Gasteiger partial charge on any atom is 0.409 e. The molecule has 5 fully saturated rings. The average Bonchev–Trinajstić information content (AvgIpc) is 3.40. The summed E-state index contributed by atoms with van der Waals surface area (Å²) in [6, 6.07) is 9.02. The normalized spacial score (nSPS) is 36.6. The molecule has 40 heavy (non-hydrogen) atoms. The van der Waals surface area contributed by atoms with Crippen LogP contribution < -0.4 is 10.2 Å². The van der Waals surface area contributed by atoms with Gasteiger partial charge >= 0.3 is 12.1 Å². The van der Waals surface area contributed by atoms with Crippen molar-refractivity contribution in [2.24, 2.45) is 23.7 Å². The van der Waals surface area contributed by atoms with E-state index in [0.29, 0.717) is 30.1 Å². The lowest BCUT2D eigenvalue weighted by Gasteiger charge is -2.46. The summed E-state index contributed by atoms with van der Waals surface area (Å²) in [6.07, 6.45) is 18.1. The molecule has 1 aromatic carbocycles. The van der Waals surface area contributed by atoms with Crippen LogP contribution in [0.1, 0.15) is 103 Å². The van der Waals surface area contributed by atoms with Crippen LogP contribution in [0.25, 0.3) is 0 Å². The number of para-hydroxylation sites is 2. The molecule has 0 spiro atoms. The van der Waals surface area contributed by atoms with Gasteiger partial charge in [-0.1, -0.05) is 63.5 Å². The Morgan fingerprint density at radius 3 is 2.20 bits per heavy atom. The second-order valence-corrected chi connectivity index (χ2v) is 13.8. The summed E-state index contributed by atoms with van der Waals surface area (Å²) in [6.45, 7) is 1.18. The van der Waals surface area contributed by atoms with Gasteiger partial charge < -0.3 is 15.1 Å². The molecule has 7 heteroatoms. The molecule has 2 saturated heterocycles. The summed E-state index contributed by atoms with van der Waals surface area (Å²) in [4.78, 5) is 29.7. The Bertz CT molecular complexity index is 1030. The number of benzene rings is 1. The SMILES string of the molecule is O=C(O)Nc1ccccc1N(C1CC2CCCC(C1)N(C1CC3CCCC(CC3)C1)C2)C1CCCCC1C(=O)O. The van der Waals surface area contributed by atoms with Crippen molar-refractivity contribution in [1.29, 1.82) is 0 Å². The molecule has 220 valence electrons. The Morgan fingerprint density at radius 1 is 0.750 bits per heavy atom. The van der Waals surface area contributed by atoms with Gasteiger partial charge in [-0.25, -0.2) is 4.79 Å². The van der Waals surface area contributed by atoms with Gasteiger partial charge in [0, 0.05) is 30.7 Å². The van der Waals surface area contributed by atoms with Gasteiger partial charge in [-0.2, -0.15) is 0 Å². The number of nitrogens with zero attached hydrogens (tertiary/aromatic N) is 2. The van der Waals surface area contributed by atoms with E-state index in [1.54, 1.807) is 0 Å². The minimum Gasteiger partial charge on any atom is -0.481 e. The number of carboxylic acid groups (broad SMARTS) is 2. The van der Waals surface area contributed by atoms with Crippen LogP contribution in [0.15, 0.2) is 24.3 Å². The lowest BCUT2D eigenvalue weighted by atomic mass is 9.80. The average molecular weight is 552 g/mol. The van der Waals surface area contributed by atoms with Crippen molar-refractivity contribution in [1.82, 2.24) is 4.90 Å². The first-order chi connectivity index (χ1) is 19.5. The van der Waals surface area contributed by atoms with E-state index in [-0.39, 0.29) is 12.1 Å². The Balaban J connectivity index is 1.34. The van der Waals surface area contributed by atoms with E-state index in [1.165, 1.54) is 70.8 Å². The molecule has 5 aliphatic rings. The predicted octanol–water partition coefficient (Wildman–Crippen LogP) is 7.22. The first-order valence-electron chi connectivity index (χ1n) is 16.3. The van der Waals surface area contributed by atoms with Gasteiger partial charge in [0.2, 0.25) is 0 Å². The van der Waals surface area contributed by atoms with Crippen LogP contribution in [0.2, 0.25) is 0 Å². The van der Waals surface area contributed by atoms with Crippen LogP contribution in [-0.4, -0.2) is 57.9 Å². The van der Waals surface area contributed by atoms with Crippen molar-refractivity contribution in [2.45, 2.75) is 127 Å². The highest BCUT2D eigenvalue weighted by Crippen LogP contribution is 2.45. The molecule has 6 rings (SSSR count). The number of hydrogen-bond acceptors (Lipinski definition) is 4. The van der Waals surface area contributed by atoms with E-state index >= 15 is 0 Å².